The van der Waals surface area contributed by atoms with Gasteiger partial charge in [0.1, 0.15) is 12.6 Å². The highest BCUT2D eigenvalue weighted by molar-refractivity contribution is 7.92. The SMILES string of the molecule is CCCCNC(=O)[C@H](Cc1ccccc1)N(Cc1ccccc1C)C(=O)CN(c1cccc(C(C)=O)c1)S(C)(=O)=O. The standard InChI is InChI=1S/C32H39N3O5S/c1-5-6-19-33-32(38)30(20-26-14-8-7-9-15-26)34(22-28-16-11-10-13-24(28)2)31(37)23-35(41(4,39)40)29-18-12-17-27(21-29)25(3)36/h7-18,21,30H,5-6,19-20,22-23H2,1-4H3,(H,33,38)/t30-/m0/s1. The van der Waals surface area contributed by atoms with Crippen molar-refractivity contribution in [2.45, 2.75) is 52.6 Å². The minimum atomic E-state index is -3.92. The Morgan fingerprint density at radius 1 is 0.927 bits per heavy atom. The Kier molecular flexibility index (Phi) is 11.2. The van der Waals surface area contributed by atoms with E-state index in [1.54, 1.807) is 18.2 Å². The largest absolute Gasteiger partial charge is 0.354 e. The molecular formula is C32H39N3O5S. The van der Waals surface area contributed by atoms with Crippen LogP contribution < -0.4 is 9.62 Å². The summed E-state index contributed by atoms with van der Waals surface area (Å²) in [5.74, 6) is -1.05. The number of sulfonamides is 1. The zero-order valence-electron chi connectivity index (χ0n) is 24.2. The van der Waals surface area contributed by atoms with Gasteiger partial charge in [-0.3, -0.25) is 18.7 Å². The Hall–Kier alpha value is -3.98. The number of rotatable bonds is 14. The Balaban J connectivity index is 2.06. The van der Waals surface area contributed by atoms with Gasteiger partial charge in [-0.2, -0.15) is 0 Å². The number of nitrogens with zero attached hydrogens (tertiary/aromatic N) is 2. The lowest BCUT2D eigenvalue weighted by Crippen LogP contribution is -2.53. The van der Waals surface area contributed by atoms with Gasteiger partial charge in [0.05, 0.1) is 11.9 Å². The van der Waals surface area contributed by atoms with E-state index in [1.165, 1.54) is 17.9 Å². The fourth-order valence-corrected chi connectivity index (χ4v) is 5.37. The maximum Gasteiger partial charge on any atom is 0.244 e. The molecule has 3 aromatic carbocycles. The number of unbranched alkanes of at least 4 members (excludes halogenated alkanes) is 1. The van der Waals surface area contributed by atoms with Crippen LogP contribution >= 0.6 is 0 Å². The van der Waals surface area contributed by atoms with Gasteiger partial charge in [-0.05, 0) is 49.1 Å². The molecule has 0 heterocycles. The van der Waals surface area contributed by atoms with E-state index in [0.717, 1.165) is 40.1 Å². The van der Waals surface area contributed by atoms with Crippen LogP contribution in [0.1, 0.15) is 53.7 Å². The molecule has 0 spiro atoms. The van der Waals surface area contributed by atoms with Crippen LogP contribution in [0.3, 0.4) is 0 Å². The molecule has 218 valence electrons. The van der Waals surface area contributed by atoms with Crippen molar-refractivity contribution in [3.63, 3.8) is 0 Å². The summed E-state index contributed by atoms with van der Waals surface area (Å²) < 4.78 is 26.9. The second-order valence-corrected chi connectivity index (χ2v) is 12.1. The van der Waals surface area contributed by atoms with E-state index in [0.29, 0.717) is 12.1 Å². The van der Waals surface area contributed by atoms with Crippen molar-refractivity contribution >= 4 is 33.3 Å². The predicted octanol–water partition coefficient (Wildman–Crippen LogP) is 4.52. The maximum atomic E-state index is 14.1. The van der Waals surface area contributed by atoms with Gasteiger partial charge in [-0.25, -0.2) is 8.42 Å². The third kappa shape index (κ3) is 9.01. The molecule has 0 aromatic heterocycles. The first kappa shape index (κ1) is 31.5. The summed E-state index contributed by atoms with van der Waals surface area (Å²) in [7, 11) is -3.92. The minimum Gasteiger partial charge on any atom is -0.354 e. The summed E-state index contributed by atoms with van der Waals surface area (Å²) in [5, 5.41) is 2.97. The Morgan fingerprint density at radius 3 is 2.24 bits per heavy atom. The molecule has 0 aliphatic heterocycles. The Bertz CT molecular complexity index is 1460. The number of benzene rings is 3. The fourth-order valence-electron chi connectivity index (χ4n) is 4.52. The van der Waals surface area contributed by atoms with Crippen LogP contribution in [0.25, 0.3) is 0 Å². The molecule has 9 heteroatoms. The first-order valence-corrected chi connectivity index (χ1v) is 15.6. The van der Waals surface area contributed by atoms with Gasteiger partial charge in [-0.15, -0.1) is 0 Å². The van der Waals surface area contributed by atoms with E-state index < -0.39 is 28.5 Å². The second kappa shape index (κ2) is 14.6. The third-order valence-electron chi connectivity index (χ3n) is 6.92. The number of amides is 2. The molecule has 0 saturated heterocycles. The summed E-state index contributed by atoms with van der Waals surface area (Å²) in [4.78, 5) is 41.3. The number of hydrogen-bond donors (Lipinski definition) is 1. The Morgan fingerprint density at radius 2 is 1.61 bits per heavy atom. The first-order chi connectivity index (χ1) is 19.5. The predicted molar refractivity (Wildman–Crippen MR) is 162 cm³/mol. The van der Waals surface area contributed by atoms with Crippen LogP contribution in [0.5, 0.6) is 0 Å². The topological polar surface area (TPSA) is 104 Å². The molecule has 0 aliphatic carbocycles. The summed E-state index contributed by atoms with van der Waals surface area (Å²) in [6.07, 6.45) is 2.97. The second-order valence-electron chi connectivity index (χ2n) is 10.2. The molecule has 3 aromatic rings. The van der Waals surface area contributed by atoms with E-state index in [-0.39, 0.29) is 30.3 Å². The van der Waals surface area contributed by atoms with Gasteiger partial charge in [0.15, 0.2) is 5.78 Å². The van der Waals surface area contributed by atoms with Crippen molar-refractivity contribution in [3.05, 3.63) is 101 Å². The smallest absolute Gasteiger partial charge is 0.244 e. The van der Waals surface area contributed by atoms with Crippen LogP contribution in [0, 0.1) is 6.92 Å². The van der Waals surface area contributed by atoms with Gasteiger partial charge in [-0.1, -0.05) is 80.1 Å². The molecule has 1 atom stereocenters. The molecule has 0 saturated carbocycles. The number of nitrogens with one attached hydrogen (secondary N) is 1. The lowest BCUT2D eigenvalue weighted by atomic mass is 10.0. The van der Waals surface area contributed by atoms with Gasteiger partial charge in [0.25, 0.3) is 0 Å². The molecule has 1 N–H and O–H groups in total. The normalized spacial score (nSPS) is 11.9. The first-order valence-electron chi connectivity index (χ1n) is 13.8. The molecule has 0 bridgehead atoms. The Labute approximate surface area is 243 Å². The number of anilines is 1. The lowest BCUT2D eigenvalue weighted by Gasteiger charge is -2.34. The van der Waals surface area contributed by atoms with E-state index in [2.05, 4.69) is 5.32 Å². The van der Waals surface area contributed by atoms with Crippen molar-refractivity contribution in [2.24, 2.45) is 0 Å². The van der Waals surface area contributed by atoms with Crippen molar-refractivity contribution in [2.75, 3.05) is 23.7 Å². The van der Waals surface area contributed by atoms with Gasteiger partial charge in [0.2, 0.25) is 21.8 Å². The zero-order valence-corrected chi connectivity index (χ0v) is 25.0. The van der Waals surface area contributed by atoms with Crippen LogP contribution in [0.15, 0.2) is 78.9 Å². The quantitative estimate of drug-likeness (QED) is 0.224. The summed E-state index contributed by atoms with van der Waals surface area (Å²) >= 11 is 0. The highest BCUT2D eigenvalue weighted by atomic mass is 32.2. The third-order valence-corrected chi connectivity index (χ3v) is 8.06. The van der Waals surface area contributed by atoms with E-state index >= 15 is 0 Å². The van der Waals surface area contributed by atoms with Gasteiger partial charge >= 0.3 is 0 Å². The van der Waals surface area contributed by atoms with E-state index in [9.17, 15) is 22.8 Å². The average Bonchev–Trinajstić information content (AvgIpc) is 2.94. The maximum absolute atomic E-state index is 14.1. The highest BCUT2D eigenvalue weighted by Crippen LogP contribution is 2.22. The average molecular weight is 578 g/mol. The number of carbonyl (C=O) groups is 3. The monoisotopic (exact) mass is 577 g/mol. The lowest BCUT2D eigenvalue weighted by molar-refractivity contribution is -0.140. The van der Waals surface area contributed by atoms with Gasteiger partial charge in [0, 0.05) is 25.1 Å². The summed E-state index contributed by atoms with van der Waals surface area (Å²) in [5.41, 5.74) is 3.21. The number of aryl methyl sites for hydroxylation is 1. The molecular weight excluding hydrogens is 538 g/mol. The van der Waals surface area contributed by atoms with Crippen LogP contribution in [-0.4, -0.2) is 56.3 Å². The summed E-state index contributed by atoms with van der Waals surface area (Å²) in [6, 6.07) is 22.3. The van der Waals surface area contributed by atoms with E-state index in [4.69, 9.17) is 0 Å². The number of carbonyl (C=O) groups excluding carboxylic acids is 3. The highest BCUT2D eigenvalue weighted by Gasteiger charge is 2.33. The van der Waals surface area contributed by atoms with Crippen molar-refractivity contribution in [1.29, 1.82) is 0 Å². The fraction of sp³-hybridized carbons (Fsp3) is 0.344. The minimum absolute atomic E-state index is 0.120. The molecule has 0 radical (unpaired) electrons. The van der Waals surface area contributed by atoms with Crippen molar-refractivity contribution < 1.29 is 22.8 Å². The van der Waals surface area contributed by atoms with Crippen molar-refractivity contribution in [1.82, 2.24) is 10.2 Å². The molecule has 2 amide bonds. The van der Waals surface area contributed by atoms with E-state index in [1.807, 2.05) is 68.4 Å². The molecule has 0 fully saturated rings. The number of Topliss-reactive ketones (excluding diaryl/α,β-unsaturated/α-hetero) is 1. The zero-order chi connectivity index (χ0) is 30.0. The molecule has 41 heavy (non-hydrogen) atoms. The van der Waals surface area contributed by atoms with Crippen LogP contribution in [0.2, 0.25) is 0 Å². The molecule has 3 rings (SSSR count). The van der Waals surface area contributed by atoms with Crippen molar-refractivity contribution in [3.8, 4) is 0 Å². The molecule has 0 aliphatic rings. The van der Waals surface area contributed by atoms with Crippen LogP contribution in [0.4, 0.5) is 5.69 Å². The number of hydrogen-bond acceptors (Lipinski definition) is 5. The summed E-state index contributed by atoms with van der Waals surface area (Å²) in [6.45, 7) is 5.42. The van der Waals surface area contributed by atoms with Crippen LogP contribution in [-0.2, 0) is 32.6 Å². The van der Waals surface area contributed by atoms with Gasteiger partial charge < -0.3 is 10.2 Å². The molecule has 8 nitrogen and oxygen atoms in total. The number of ketones is 1. The molecule has 0 unspecified atom stereocenters.